The van der Waals surface area contributed by atoms with Gasteiger partial charge in [-0.05, 0) is 54.4 Å². The summed E-state index contributed by atoms with van der Waals surface area (Å²) < 4.78 is 17.6. The molecule has 34 heavy (non-hydrogen) atoms. The first-order chi connectivity index (χ1) is 16.4. The first-order valence-corrected chi connectivity index (χ1v) is 12.5. The minimum atomic E-state index is -1.53. The number of hydrogen-bond acceptors (Lipinski definition) is 7. The molecule has 5 rings (SSSR count). The number of fused-ring (bicyclic) bond motifs is 2. The number of hydrogen-bond donors (Lipinski definition) is 3. The number of para-hydroxylation sites is 1. The minimum Gasteiger partial charge on any atom is -0.493 e. The smallest absolute Gasteiger partial charge is 0.225 e. The molecule has 1 aromatic heterocycles. The zero-order valence-corrected chi connectivity index (χ0v) is 20.3. The highest BCUT2D eigenvalue weighted by Crippen LogP contribution is 2.47. The Balaban J connectivity index is 1.32. The van der Waals surface area contributed by atoms with Crippen LogP contribution in [0.5, 0.6) is 5.75 Å². The first kappa shape index (κ1) is 23.8. The topological polar surface area (TPSA) is 88.4 Å². The van der Waals surface area contributed by atoms with E-state index in [4.69, 9.17) is 25.8 Å². The van der Waals surface area contributed by atoms with E-state index >= 15 is 0 Å². The fraction of sp³-hybridized carbons (Fsp3) is 0.385. The van der Waals surface area contributed by atoms with Crippen LogP contribution in [0.3, 0.4) is 0 Å². The summed E-state index contributed by atoms with van der Waals surface area (Å²) >= 11 is 8.31. The molecule has 8 heteroatoms. The van der Waals surface area contributed by atoms with E-state index in [-0.39, 0.29) is 6.61 Å². The normalized spacial score (nSPS) is 28.3. The molecule has 1 saturated heterocycles. The van der Waals surface area contributed by atoms with Gasteiger partial charge in [0.1, 0.15) is 24.1 Å². The van der Waals surface area contributed by atoms with Gasteiger partial charge < -0.3 is 29.5 Å². The molecule has 6 nitrogen and oxygen atoms in total. The van der Waals surface area contributed by atoms with E-state index in [1.807, 2.05) is 42.5 Å². The molecule has 2 aliphatic heterocycles. The number of halogens is 1. The van der Waals surface area contributed by atoms with Gasteiger partial charge in [0.25, 0.3) is 0 Å². The van der Waals surface area contributed by atoms with E-state index in [9.17, 15) is 15.3 Å². The van der Waals surface area contributed by atoms with Crippen LogP contribution >= 0.6 is 22.9 Å². The summed E-state index contributed by atoms with van der Waals surface area (Å²) in [5, 5.41) is 31.9. The van der Waals surface area contributed by atoms with E-state index < -0.39 is 30.2 Å². The maximum Gasteiger partial charge on any atom is 0.225 e. The van der Waals surface area contributed by atoms with E-state index in [2.05, 4.69) is 12.1 Å². The van der Waals surface area contributed by atoms with Crippen molar-refractivity contribution in [3.05, 3.63) is 86.1 Å². The van der Waals surface area contributed by atoms with Crippen molar-refractivity contribution >= 4 is 22.9 Å². The maximum atomic E-state index is 10.8. The summed E-state index contributed by atoms with van der Waals surface area (Å²) in [6.07, 6.45) is -3.29. The summed E-state index contributed by atoms with van der Waals surface area (Å²) in [5.41, 5.74) is 2.32. The van der Waals surface area contributed by atoms with Gasteiger partial charge in [0.2, 0.25) is 5.79 Å². The largest absolute Gasteiger partial charge is 0.493 e. The van der Waals surface area contributed by atoms with Crippen molar-refractivity contribution in [3.8, 4) is 5.75 Å². The third kappa shape index (κ3) is 4.38. The quantitative estimate of drug-likeness (QED) is 0.475. The van der Waals surface area contributed by atoms with Crippen LogP contribution in [0.25, 0.3) is 0 Å². The fourth-order valence-electron chi connectivity index (χ4n) is 4.57. The van der Waals surface area contributed by atoms with Crippen molar-refractivity contribution in [3.63, 3.8) is 0 Å². The number of rotatable bonds is 6. The van der Waals surface area contributed by atoms with Gasteiger partial charge in [0, 0.05) is 33.2 Å². The Bertz CT molecular complexity index is 1150. The lowest BCUT2D eigenvalue weighted by atomic mass is 9.87. The van der Waals surface area contributed by atoms with Crippen LogP contribution in [0.1, 0.15) is 33.4 Å². The highest BCUT2D eigenvalue weighted by atomic mass is 35.5. The van der Waals surface area contributed by atoms with Crippen LogP contribution < -0.4 is 4.74 Å². The van der Waals surface area contributed by atoms with Crippen molar-refractivity contribution in [2.75, 3.05) is 6.61 Å². The van der Waals surface area contributed by atoms with Crippen LogP contribution in [0.4, 0.5) is 0 Å². The Kier molecular flexibility index (Phi) is 6.70. The van der Waals surface area contributed by atoms with Crippen molar-refractivity contribution in [2.45, 2.75) is 56.6 Å². The highest BCUT2D eigenvalue weighted by molar-refractivity contribution is 7.12. The van der Waals surface area contributed by atoms with Gasteiger partial charge in [-0.25, -0.2) is 0 Å². The zero-order chi connectivity index (χ0) is 23.9. The Morgan fingerprint density at radius 3 is 2.62 bits per heavy atom. The van der Waals surface area contributed by atoms with Crippen LogP contribution in [0, 0.1) is 0 Å². The van der Waals surface area contributed by atoms with Gasteiger partial charge in [-0.2, -0.15) is 0 Å². The Morgan fingerprint density at radius 1 is 1.06 bits per heavy atom. The molecule has 5 atom stereocenters. The van der Waals surface area contributed by atoms with Gasteiger partial charge in [-0.3, -0.25) is 0 Å². The Labute approximate surface area is 207 Å². The average Bonchev–Trinajstić information content (AvgIpc) is 3.42. The lowest BCUT2D eigenvalue weighted by Crippen LogP contribution is -2.62. The predicted molar refractivity (Wildman–Crippen MR) is 129 cm³/mol. The molecule has 180 valence electrons. The molecule has 0 unspecified atom stereocenters. The number of aliphatic hydroxyl groups excluding tert-OH is 3. The average molecular weight is 503 g/mol. The van der Waals surface area contributed by atoms with E-state index in [0.29, 0.717) is 23.6 Å². The SMILES string of the molecule is C[C@H]1O[C@]2(OCc3cc(Cl)c(Cc4ccc(CCOc5ccccc5)s4)cc32)[C@H](O)[C@@H](O)[C@@H]1O. The number of thiophene rings is 1. The second kappa shape index (κ2) is 9.59. The lowest BCUT2D eigenvalue weighted by Gasteiger charge is -2.45. The zero-order valence-electron chi connectivity index (χ0n) is 18.7. The fourth-order valence-corrected chi connectivity index (χ4v) is 5.85. The van der Waals surface area contributed by atoms with Gasteiger partial charge in [-0.15, -0.1) is 11.3 Å². The van der Waals surface area contributed by atoms with Crippen LogP contribution in [-0.2, 0) is 34.7 Å². The summed E-state index contributed by atoms with van der Waals surface area (Å²) in [4.78, 5) is 2.37. The molecule has 0 radical (unpaired) electrons. The number of aliphatic hydroxyl groups is 3. The van der Waals surface area contributed by atoms with Crippen LogP contribution in [-0.4, -0.2) is 46.3 Å². The molecule has 0 saturated carbocycles. The van der Waals surface area contributed by atoms with E-state index in [0.717, 1.165) is 28.2 Å². The molecule has 3 aromatic rings. The Morgan fingerprint density at radius 2 is 1.82 bits per heavy atom. The number of ether oxygens (including phenoxy) is 3. The second-order valence-electron chi connectivity index (χ2n) is 8.76. The summed E-state index contributed by atoms with van der Waals surface area (Å²) in [7, 11) is 0. The summed E-state index contributed by atoms with van der Waals surface area (Å²) in [5.74, 6) is -0.665. The van der Waals surface area contributed by atoms with Crippen molar-refractivity contribution in [1.82, 2.24) is 0 Å². The van der Waals surface area contributed by atoms with Crippen molar-refractivity contribution in [2.24, 2.45) is 0 Å². The summed E-state index contributed by atoms with van der Waals surface area (Å²) in [6, 6.07) is 17.7. The molecule has 3 heterocycles. The van der Waals surface area contributed by atoms with E-state index in [1.165, 1.54) is 4.88 Å². The monoisotopic (exact) mass is 502 g/mol. The first-order valence-electron chi connectivity index (χ1n) is 11.3. The van der Waals surface area contributed by atoms with Gasteiger partial charge >= 0.3 is 0 Å². The molecule has 3 N–H and O–H groups in total. The van der Waals surface area contributed by atoms with Crippen LogP contribution in [0.15, 0.2) is 54.6 Å². The lowest BCUT2D eigenvalue weighted by molar-refractivity contribution is -0.362. The molecule has 2 aromatic carbocycles. The molecule has 0 amide bonds. The predicted octanol–water partition coefficient (Wildman–Crippen LogP) is 3.80. The van der Waals surface area contributed by atoms with Gasteiger partial charge in [0.15, 0.2) is 0 Å². The van der Waals surface area contributed by atoms with Crippen molar-refractivity contribution < 1.29 is 29.5 Å². The molecule has 2 aliphatic rings. The van der Waals surface area contributed by atoms with Gasteiger partial charge in [0.05, 0.1) is 19.3 Å². The standard InChI is InChI=1S/C26H27ClO6S/c1-15-23(28)24(29)25(30)26(33-15)21-12-16(22(27)13-17(21)14-32-26)11-20-8-7-19(34-20)9-10-31-18-5-3-2-4-6-18/h2-8,12-13,15,23-25,28-30H,9-11,14H2,1H3/t15-,23-,24+,25-,26+/m1/s1. The molecule has 1 fully saturated rings. The maximum absolute atomic E-state index is 10.8. The van der Waals surface area contributed by atoms with Crippen molar-refractivity contribution in [1.29, 1.82) is 0 Å². The van der Waals surface area contributed by atoms with Crippen LogP contribution in [0.2, 0.25) is 5.02 Å². The minimum absolute atomic E-state index is 0.201. The summed E-state index contributed by atoms with van der Waals surface area (Å²) in [6.45, 7) is 2.45. The molecule has 0 bridgehead atoms. The number of benzene rings is 2. The third-order valence-corrected chi connectivity index (χ3v) is 7.93. The Hall–Kier alpha value is -1.97. The second-order valence-corrected chi connectivity index (χ2v) is 10.4. The molecular weight excluding hydrogens is 476 g/mol. The molecule has 0 aliphatic carbocycles. The molecule has 1 spiro atoms. The van der Waals surface area contributed by atoms with E-state index in [1.54, 1.807) is 18.3 Å². The molecular formula is C26H27ClO6S. The third-order valence-electron chi connectivity index (χ3n) is 6.44. The van der Waals surface area contributed by atoms with Gasteiger partial charge in [-0.1, -0.05) is 29.8 Å². The highest BCUT2D eigenvalue weighted by Gasteiger charge is 2.57.